The lowest BCUT2D eigenvalue weighted by Gasteiger charge is -2.70. The van der Waals surface area contributed by atoms with Crippen LogP contribution in [0.15, 0.2) is 16.8 Å². The highest BCUT2D eigenvalue weighted by molar-refractivity contribution is 8.24. The number of hydrogen-bond donors (Lipinski definition) is 0. The zero-order valence-corrected chi connectivity index (χ0v) is 31.8. The van der Waals surface area contributed by atoms with Crippen LogP contribution >= 0.6 is 24.0 Å². The Labute approximate surface area is 291 Å². The van der Waals surface area contributed by atoms with Gasteiger partial charge in [0.05, 0.1) is 23.5 Å². The van der Waals surface area contributed by atoms with Crippen molar-refractivity contribution < 1.29 is 24.0 Å². The van der Waals surface area contributed by atoms with Gasteiger partial charge in [-0.05, 0) is 110 Å². The second kappa shape index (κ2) is 11.7. The molecule has 9 heteroatoms. The highest BCUT2D eigenvalue weighted by atomic mass is 32.2. The number of carbonyl (C=O) groups is 3. The standard InChI is InChI=1S/C38H56N2O5S2/c1-10-25-30(42)40(32(46)47-25)22-29(41)45-39-28-14-15-35(6)26(34(28,4)5)13-16-37(8)27(35)12-11-23-24-21-33(2,3)17-19-38(24,31(43)44-9)20-18-36(23,37)7/h11,24-27H,10,12-22H2,1-9H3/b39-28-/t24-,25-,26+,27-,35+,36-,37-,38+/m1/s1. The summed E-state index contributed by atoms with van der Waals surface area (Å²) in [6, 6.07) is 0. The summed E-state index contributed by atoms with van der Waals surface area (Å²) in [5.41, 5.74) is 2.34. The van der Waals surface area contributed by atoms with E-state index in [9.17, 15) is 14.4 Å². The first kappa shape index (κ1) is 35.1. The molecule has 4 saturated carbocycles. The fraction of sp³-hybridized carbons (Fsp3) is 0.816. The van der Waals surface area contributed by atoms with Crippen LogP contribution in [0.3, 0.4) is 0 Å². The van der Waals surface area contributed by atoms with Gasteiger partial charge in [0, 0.05) is 5.41 Å². The third-order valence-corrected chi connectivity index (χ3v) is 16.7. The predicted molar refractivity (Wildman–Crippen MR) is 191 cm³/mol. The SMILES string of the molecule is CC[C@H]1SC(=S)N(CC(=O)O/N=C2/CC[C@]3(C)[C@H]4CC=C5[C@H]6CC(C)(C)CC[C@]6(C(=O)OC)CC[C@@]5(C)[C@]4(C)CC[C@H]3C2(C)C)C1=O. The van der Waals surface area contributed by atoms with Crippen LogP contribution in [0.1, 0.15) is 126 Å². The summed E-state index contributed by atoms with van der Waals surface area (Å²) in [4.78, 5) is 45.9. The van der Waals surface area contributed by atoms with E-state index in [-0.39, 0.29) is 62.1 Å². The summed E-state index contributed by atoms with van der Waals surface area (Å²) in [5, 5.41) is 4.28. The Bertz CT molecular complexity index is 1440. The van der Waals surface area contributed by atoms with Gasteiger partial charge >= 0.3 is 11.9 Å². The third kappa shape index (κ3) is 5.12. The molecule has 7 nitrogen and oxygen atoms in total. The molecular weight excluding hydrogens is 629 g/mol. The van der Waals surface area contributed by atoms with Gasteiger partial charge < -0.3 is 9.57 Å². The van der Waals surface area contributed by atoms with Crippen LogP contribution in [0, 0.1) is 50.2 Å². The molecule has 0 aromatic rings. The van der Waals surface area contributed by atoms with Crippen LogP contribution in [-0.2, 0) is 24.0 Å². The average Bonchev–Trinajstić information content (AvgIpc) is 3.27. The van der Waals surface area contributed by atoms with Crippen molar-refractivity contribution in [2.24, 2.45) is 55.4 Å². The second-order valence-electron chi connectivity index (χ2n) is 17.8. The van der Waals surface area contributed by atoms with Gasteiger partial charge in [-0.1, -0.05) is 96.2 Å². The Morgan fingerprint density at radius 3 is 2.38 bits per heavy atom. The van der Waals surface area contributed by atoms with Crippen molar-refractivity contribution in [2.75, 3.05) is 13.7 Å². The largest absolute Gasteiger partial charge is 0.469 e. The Balaban J connectivity index is 1.25. The van der Waals surface area contributed by atoms with Crippen molar-refractivity contribution in [2.45, 2.75) is 131 Å². The number of oxime groups is 1. The van der Waals surface area contributed by atoms with Crippen LogP contribution < -0.4 is 0 Å². The first-order chi connectivity index (χ1) is 21.9. The van der Waals surface area contributed by atoms with E-state index < -0.39 is 5.97 Å². The van der Waals surface area contributed by atoms with Gasteiger partial charge in [-0.3, -0.25) is 14.5 Å². The molecule has 6 rings (SSSR count). The van der Waals surface area contributed by atoms with E-state index in [1.54, 1.807) is 12.7 Å². The van der Waals surface area contributed by atoms with E-state index in [1.807, 2.05) is 6.92 Å². The highest BCUT2D eigenvalue weighted by Crippen LogP contribution is 2.75. The van der Waals surface area contributed by atoms with E-state index in [0.717, 1.165) is 69.9 Å². The summed E-state index contributed by atoms with van der Waals surface area (Å²) < 4.78 is 5.97. The fourth-order valence-corrected chi connectivity index (χ4v) is 13.4. The molecule has 47 heavy (non-hydrogen) atoms. The van der Waals surface area contributed by atoms with Crippen LogP contribution in [0.5, 0.6) is 0 Å². The summed E-state index contributed by atoms with van der Waals surface area (Å²) >= 11 is 6.70. The number of fused-ring (bicyclic) bond motifs is 7. The van der Waals surface area contributed by atoms with Crippen LogP contribution in [-0.4, -0.2) is 51.7 Å². The monoisotopic (exact) mass is 684 g/mol. The molecule has 1 heterocycles. The smallest absolute Gasteiger partial charge is 0.354 e. The molecule has 260 valence electrons. The van der Waals surface area contributed by atoms with E-state index in [0.29, 0.717) is 22.6 Å². The second-order valence-corrected chi connectivity index (χ2v) is 19.6. The molecule has 5 fully saturated rings. The number of rotatable bonds is 5. The first-order valence-corrected chi connectivity index (χ1v) is 19.3. The maximum Gasteiger partial charge on any atom is 0.354 e. The maximum atomic E-state index is 13.5. The molecule has 1 aliphatic heterocycles. The first-order valence-electron chi connectivity index (χ1n) is 18.0. The molecule has 5 aliphatic carbocycles. The average molecular weight is 685 g/mol. The van der Waals surface area contributed by atoms with Crippen molar-refractivity contribution in [3.05, 3.63) is 11.6 Å². The molecule has 0 bridgehead atoms. The topological polar surface area (TPSA) is 85.3 Å². The Hall–Kier alpha value is -1.74. The number of amides is 1. The number of esters is 1. The van der Waals surface area contributed by atoms with Crippen molar-refractivity contribution in [3.63, 3.8) is 0 Å². The van der Waals surface area contributed by atoms with Gasteiger partial charge in [0.15, 0.2) is 0 Å². The van der Waals surface area contributed by atoms with Crippen LogP contribution in [0.25, 0.3) is 0 Å². The normalized spacial score (nSPS) is 42.9. The quantitative estimate of drug-likeness (QED) is 0.0944. The number of thiocarbonyl (C=S) groups is 1. The lowest BCUT2D eigenvalue weighted by atomic mass is 9.33. The van der Waals surface area contributed by atoms with Gasteiger partial charge in [-0.25, -0.2) is 4.79 Å². The molecule has 0 spiro atoms. The number of hydrogen-bond acceptors (Lipinski definition) is 8. The minimum Gasteiger partial charge on any atom is -0.469 e. The maximum absolute atomic E-state index is 13.5. The van der Waals surface area contributed by atoms with Crippen LogP contribution in [0.2, 0.25) is 0 Å². The Morgan fingerprint density at radius 2 is 1.72 bits per heavy atom. The van der Waals surface area contributed by atoms with Crippen LogP contribution in [0.4, 0.5) is 0 Å². The van der Waals surface area contributed by atoms with Crippen molar-refractivity contribution in [1.29, 1.82) is 0 Å². The molecule has 1 saturated heterocycles. The lowest BCUT2D eigenvalue weighted by Crippen LogP contribution is -2.64. The van der Waals surface area contributed by atoms with Gasteiger partial charge in [0.1, 0.15) is 10.9 Å². The third-order valence-electron chi connectivity index (χ3n) is 14.9. The van der Waals surface area contributed by atoms with Gasteiger partial charge in [-0.2, -0.15) is 0 Å². The zero-order chi connectivity index (χ0) is 34.4. The molecular formula is C38H56N2O5S2. The zero-order valence-electron chi connectivity index (χ0n) is 30.1. The summed E-state index contributed by atoms with van der Waals surface area (Å²) in [7, 11) is 1.57. The van der Waals surface area contributed by atoms with Gasteiger partial charge in [0.2, 0.25) is 5.91 Å². The Morgan fingerprint density at radius 1 is 1.02 bits per heavy atom. The summed E-state index contributed by atoms with van der Waals surface area (Å²) in [5.74, 6) is 0.497. The molecule has 0 aromatic carbocycles. The molecule has 0 unspecified atom stereocenters. The van der Waals surface area contributed by atoms with E-state index in [1.165, 1.54) is 16.7 Å². The van der Waals surface area contributed by atoms with E-state index in [2.05, 4.69) is 59.7 Å². The van der Waals surface area contributed by atoms with Crippen molar-refractivity contribution in [3.8, 4) is 0 Å². The number of carbonyl (C=O) groups excluding carboxylic acids is 3. The van der Waals surface area contributed by atoms with Gasteiger partial charge in [0.25, 0.3) is 0 Å². The highest BCUT2D eigenvalue weighted by Gasteiger charge is 2.69. The Kier molecular flexibility index (Phi) is 8.71. The summed E-state index contributed by atoms with van der Waals surface area (Å²) in [6.45, 7) is 18.7. The number of nitrogens with zero attached hydrogens (tertiary/aromatic N) is 2. The molecule has 0 N–H and O–H groups in total. The van der Waals surface area contributed by atoms with E-state index >= 15 is 0 Å². The number of methoxy groups -OCH3 is 1. The molecule has 0 radical (unpaired) electrons. The molecule has 1 amide bonds. The minimum absolute atomic E-state index is 0.00391. The number of thioether (sulfide) groups is 1. The lowest BCUT2D eigenvalue weighted by molar-refractivity contribution is -0.181. The number of allylic oxidation sites excluding steroid dienone is 2. The fourth-order valence-electron chi connectivity index (χ4n) is 12.0. The minimum atomic E-state index is -0.546. The summed E-state index contributed by atoms with van der Waals surface area (Å²) in [6.07, 6.45) is 13.3. The van der Waals surface area contributed by atoms with Crippen molar-refractivity contribution >= 4 is 51.9 Å². The van der Waals surface area contributed by atoms with E-state index in [4.69, 9.17) is 21.8 Å². The predicted octanol–water partition coefficient (Wildman–Crippen LogP) is 8.50. The van der Waals surface area contributed by atoms with Gasteiger partial charge in [-0.15, -0.1) is 0 Å². The molecule has 8 atom stereocenters. The molecule has 6 aliphatic rings. The molecule has 0 aromatic heterocycles. The van der Waals surface area contributed by atoms with Crippen molar-refractivity contribution in [1.82, 2.24) is 4.90 Å². The number of ether oxygens (including phenoxy) is 1.